The fourth-order valence-electron chi connectivity index (χ4n) is 4.78. The van der Waals surface area contributed by atoms with Gasteiger partial charge in [0.25, 0.3) is 0 Å². The summed E-state index contributed by atoms with van der Waals surface area (Å²) in [5.41, 5.74) is 5.02. The number of carbonyl (C=O) groups is 1. The molecule has 1 saturated heterocycles. The number of sulfone groups is 1. The number of aromatic nitrogens is 3. The van der Waals surface area contributed by atoms with Crippen molar-refractivity contribution in [3.63, 3.8) is 0 Å². The number of hydrogen-bond donors (Lipinski definition) is 1. The number of pyridine rings is 1. The van der Waals surface area contributed by atoms with Crippen LogP contribution in [-0.2, 0) is 27.7 Å². The van der Waals surface area contributed by atoms with Gasteiger partial charge in [0, 0.05) is 61.5 Å². The molecule has 2 aliphatic rings. The topological polar surface area (TPSA) is 106 Å². The number of benzene rings is 1. The molecule has 1 aromatic carbocycles. The summed E-state index contributed by atoms with van der Waals surface area (Å²) in [5.74, 6) is 0.324. The fourth-order valence-corrected chi connectivity index (χ4v) is 5.34. The molecule has 0 bridgehead atoms. The van der Waals surface area contributed by atoms with Crippen LogP contribution in [0.5, 0.6) is 0 Å². The minimum atomic E-state index is -3.29. The van der Waals surface area contributed by atoms with E-state index in [-0.39, 0.29) is 16.9 Å². The Bertz CT molecular complexity index is 1350. The van der Waals surface area contributed by atoms with Crippen LogP contribution in [0.3, 0.4) is 0 Å². The summed E-state index contributed by atoms with van der Waals surface area (Å²) in [5, 5.41) is 8.11. The summed E-state index contributed by atoms with van der Waals surface area (Å²) in [6, 6.07) is 7.55. The fraction of sp³-hybridized carbons (Fsp3) is 0.375. The predicted molar refractivity (Wildman–Crippen MR) is 125 cm³/mol. The first kappa shape index (κ1) is 22.7. The Labute approximate surface area is 198 Å². The summed E-state index contributed by atoms with van der Waals surface area (Å²) in [4.78, 5) is 18.7. The van der Waals surface area contributed by atoms with Crippen LogP contribution in [0.1, 0.15) is 45.6 Å². The van der Waals surface area contributed by atoms with Crippen molar-refractivity contribution in [3.05, 3.63) is 70.7 Å². The second-order valence-electron chi connectivity index (χ2n) is 9.11. The Morgan fingerprint density at radius 1 is 1.18 bits per heavy atom. The minimum absolute atomic E-state index is 0.144. The van der Waals surface area contributed by atoms with E-state index in [1.807, 2.05) is 24.5 Å². The molecule has 0 spiro atoms. The summed E-state index contributed by atoms with van der Waals surface area (Å²) in [6.45, 7) is 7.03. The lowest BCUT2D eigenvalue weighted by molar-refractivity contribution is 0.0535. The third-order valence-corrected chi connectivity index (χ3v) is 7.57. The van der Waals surface area contributed by atoms with Gasteiger partial charge in [-0.25, -0.2) is 22.9 Å². The summed E-state index contributed by atoms with van der Waals surface area (Å²) in [6.07, 6.45) is 6.26. The van der Waals surface area contributed by atoms with Gasteiger partial charge in [-0.15, -0.1) is 0 Å². The maximum Gasteiger partial charge on any atom is 0.338 e. The van der Waals surface area contributed by atoms with Gasteiger partial charge in [-0.05, 0) is 43.2 Å². The van der Waals surface area contributed by atoms with Crippen molar-refractivity contribution in [3.8, 4) is 5.82 Å². The lowest BCUT2D eigenvalue weighted by atomic mass is 9.92. The molecule has 178 valence electrons. The van der Waals surface area contributed by atoms with Crippen molar-refractivity contribution in [1.82, 2.24) is 25.0 Å². The molecule has 0 radical (unpaired) electrons. The molecular weight excluding hydrogens is 454 g/mol. The van der Waals surface area contributed by atoms with E-state index >= 15 is 0 Å². The quantitative estimate of drug-likeness (QED) is 0.553. The third kappa shape index (κ3) is 4.36. The zero-order valence-corrected chi connectivity index (χ0v) is 20.2. The number of ether oxygens (including phenoxy) is 1. The second kappa shape index (κ2) is 8.61. The van der Waals surface area contributed by atoms with Gasteiger partial charge in [-0.2, -0.15) is 5.10 Å². The summed E-state index contributed by atoms with van der Waals surface area (Å²) >= 11 is 0. The van der Waals surface area contributed by atoms with E-state index in [4.69, 9.17) is 4.74 Å². The number of esters is 1. The van der Waals surface area contributed by atoms with Crippen LogP contribution in [0.15, 0.2) is 47.8 Å². The van der Waals surface area contributed by atoms with Gasteiger partial charge in [0.15, 0.2) is 15.7 Å². The number of carbonyl (C=O) groups excluding carboxylic acids is 1. The molecule has 1 fully saturated rings. The number of nitrogens with one attached hydrogen (secondary N) is 1. The van der Waals surface area contributed by atoms with Crippen LogP contribution in [0.4, 0.5) is 0 Å². The number of fused-ring (bicyclic) bond motifs is 1. The highest BCUT2D eigenvalue weighted by Gasteiger charge is 2.30. The monoisotopic (exact) mass is 481 g/mol. The molecule has 34 heavy (non-hydrogen) atoms. The second-order valence-corrected chi connectivity index (χ2v) is 11.1. The minimum Gasteiger partial charge on any atom is -0.457 e. The Hall–Kier alpha value is -3.08. The molecular formula is C24H27N5O4S. The van der Waals surface area contributed by atoms with Gasteiger partial charge in [-0.3, -0.25) is 4.90 Å². The first-order valence-electron chi connectivity index (χ1n) is 11.2. The maximum atomic E-state index is 11.9. The SMILES string of the molecule is Cc1c([C@@H]2CN(Cc3cnn(-c4ccc(S(C)(=O)=O)cn4)c3)C[C@H](C)N2)ccc2c1COC2=O. The van der Waals surface area contributed by atoms with E-state index in [0.717, 1.165) is 42.6 Å². The molecule has 2 aliphatic heterocycles. The smallest absolute Gasteiger partial charge is 0.338 e. The first-order chi connectivity index (χ1) is 16.2. The lowest BCUT2D eigenvalue weighted by Crippen LogP contribution is -2.50. The average molecular weight is 482 g/mol. The summed E-state index contributed by atoms with van der Waals surface area (Å²) in [7, 11) is -3.29. The number of hydrogen-bond acceptors (Lipinski definition) is 8. The largest absolute Gasteiger partial charge is 0.457 e. The van der Waals surface area contributed by atoms with Crippen LogP contribution in [-0.4, -0.2) is 59.4 Å². The van der Waals surface area contributed by atoms with Crippen LogP contribution in [0.25, 0.3) is 5.82 Å². The highest BCUT2D eigenvalue weighted by atomic mass is 32.2. The Balaban J connectivity index is 1.31. The Kier molecular flexibility index (Phi) is 5.75. The van der Waals surface area contributed by atoms with Crippen molar-refractivity contribution >= 4 is 15.8 Å². The van der Waals surface area contributed by atoms with Crippen molar-refractivity contribution in [2.24, 2.45) is 0 Å². The molecule has 0 saturated carbocycles. The molecule has 0 amide bonds. The average Bonchev–Trinajstić information content (AvgIpc) is 3.40. The summed E-state index contributed by atoms with van der Waals surface area (Å²) < 4.78 is 30.2. The Morgan fingerprint density at radius 3 is 2.74 bits per heavy atom. The van der Waals surface area contributed by atoms with Gasteiger partial charge in [0.1, 0.15) is 6.61 Å². The van der Waals surface area contributed by atoms with E-state index < -0.39 is 9.84 Å². The molecule has 5 rings (SSSR count). The number of nitrogens with zero attached hydrogens (tertiary/aromatic N) is 4. The molecule has 1 N–H and O–H groups in total. The van der Waals surface area contributed by atoms with E-state index in [0.29, 0.717) is 24.0 Å². The molecule has 2 atom stereocenters. The molecule has 0 aliphatic carbocycles. The lowest BCUT2D eigenvalue weighted by Gasteiger charge is -2.38. The normalized spacial score (nSPS) is 20.9. The molecule has 2 aromatic heterocycles. The van der Waals surface area contributed by atoms with Gasteiger partial charge in [-0.1, -0.05) is 6.07 Å². The molecule has 3 aromatic rings. The maximum absolute atomic E-state index is 11.9. The van der Waals surface area contributed by atoms with Crippen molar-refractivity contribution < 1.29 is 17.9 Å². The first-order valence-corrected chi connectivity index (χ1v) is 13.1. The molecule has 10 heteroatoms. The number of rotatable bonds is 5. The zero-order valence-electron chi connectivity index (χ0n) is 19.4. The third-order valence-electron chi connectivity index (χ3n) is 6.47. The van der Waals surface area contributed by atoms with E-state index in [9.17, 15) is 13.2 Å². The van der Waals surface area contributed by atoms with Crippen molar-refractivity contribution in [2.75, 3.05) is 19.3 Å². The number of piperazine rings is 1. The van der Waals surface area contributed by atoms with Gasteiger partial charge in [0.05, 0.1) is 16.7 Å². The zero-order chi connectivity index (χ0) is 24.0. The molecule has 0 unspecified atom stereocenters. The highest BCUT2D eigenvalue weighted by Crippen LogP contribution is 2.31. The number of cyclic esters (lactones) is 1. The van der Waals surface area contributed by atoms with E-state index in [1.54, 1.807) is 16.8 Å². The van der Waals surface area contributed by atoms with Crippen molar-refractivity contribution in [1.29, 1.82) is 0 Å². The predicted octanol–water partition coefficient (Wildman–Crippen LogP) is 2.18. The Morgan fingerprint density at radius 2 is 2.00 bits per heavy atom. The van der Waals surface area contributed by atoms with Crippen LogP contribution in [0, 0.1) is 6.92 Å². The standard InChI is InChI=1S/C24H27N5O4S/c1-15-10-28(13-22(27-15)19-5-6-20-21(16(19)2)14-33-24(20)30)11-17-8-26-29(12-17)23-7-4-18(9-25-23)34(3,31)32/h4-9,12,15,22,27H,10-11,13-14H2,1-3H3/t15-,22-/m0/s1. The van der Waals surface area contributed by atoms with Crippen LogP contribution >= 0.6 is 0 Å². The van der Waals surface area contributed by atoms with Gasteiger partial charge >= 0.3 is 5.97 Å². The van der Waals surface area contributed by atoms with Crippen LogP contribution < -0.4 is 5.32 Å². The molecule has 9 nitrogen and oxygen atoms in total. The van der Waals surface area contributed by atoms with E-state index in [2.05, 4.69) is 34.1 Å². The van der Waals surface area contributed by atoms with Gasteiger partial charge < -0.3 is 10.1 Å². The van der Waals surface area contributed by atoms with Gasteiger partial charge in [0.2, 0.25) is 0 Å². The van der Waals surface area contributed by atoms with Crippen molar-refractivity contribution in [2.45, 2.75) is 44.0 Å². The van der Waals surface area contributed by atoms with E-state index in [1.165, 1.54) is 11.8 Å². The molecule has 4 heterocycles. The highest BCUT2D eigenvalue weighted by molar-refractivity contribution is 7.90. The van der Waals surface area contributed by atoms with Crippen LogP contribution in [0.2, 0.25) is 0 Å².